The zero-order chi connectivity index (χ0) is 19.0. The topological polar surface area (TPSA) is 103 Å². The van der Waals surface area contributed by atoms with Gasteiger partial charge in [-0.25, -0.2) is 4.79 Å². The van der Waals surface area contributed by atoms with Gasteiger partial charge in [0, 0.05) is 48.0 Å². The lowest BCUT2D eigenvalue weighted by atomic mass is 9.99. The second kappa shape index (κ2) is 6.92. The Bertz CT molecular complexity index is 908. The molecule has 1 aromatic heterocycles. The maximum absolute atomic E-state index is 12.5. The second-order valence-corrected chi connectivity index (χ2v) is 7.05. The summed E-state index contributed by atoms with van der Waals surface area (Å²) in [4.78, 5) is 29.9. The Balaban J connectivity index is 1.59. The molecule has 4 rings (SSSR count). The van der Waals surface area contributed by atoms with Crippen LogP contribution in [0.1, 0.15) is 31.0 Å². The number of rotatable bonds is 2. The molecule has 0 bridgehead atoms. The highest BCUT2D eigenvalue weighted by Gasteiger charge is 2.28. The van der Waals surface area contributed by atoms with E-state index in [1.54, 1.807) is 11.0 Å². The van der Waals surface area contributed by atoms with Crippen molar-refractivity contribution in [3.05, 3.63) is 47.8 Å². The molecule has 0 aliphatic carbocycles. The molecule has 0 radical (unpaired) electrons. The lowest BCUT2D eigenvalue weighted by molar-refractivity contribution is -0.110. The number of anilines is 2. The molecule has 1 saturated heterocycles. The molecule has 5 N–H and O–H groups in total. The van der Waals surface area contributed by atoms with Gasteiger partial charge in [0.25, 0.3) is 5.91 Å². The molecule has 0 saturated carbocycles. The monoisotopic (exact) mass is 365 g/mol. The van der Waals surface area contributed by atoms with E-state index in [1.165, 1.54) is 0 Å². The van der Waals surface area contributed by atoms with E-state index in [4.69, 9.17) is 5.73 Å². The van der Waals surface area contributed by atoms with Crippen LogP contribution in [-0.4, -0.2) is 41.0 Å². The lowest BCUT2D eigenvalue weighted by Gasteiger charge is -2.30. The number of fused-ring (bicyclic) bond motifs is 1. The van der Waals surface area contributed by atoms with Gasteiger partial charge in [-0.05, 0) is 55.7 Å². The Kier molecular flexibility index (Phi) is 4.45. The van der Waals surface area contributed by atoms with Crippen LogP contribution >= 0.6 is 0 Å². The number of aromatic amines is 1. The number of hydrogen-bond acceptors (Lipinski definition) is 3. The van der Waals surface area contributed by atoms with Crippen LogP contribution in [0.2, 0.25) is 0 Å². The molecule has 0 atom stereocenters. The number of nitrogens with one attached hydrogen (secondary N) is 3. The van der Waals surface area contributed by atoms with Gasteiger partial charge >= 0.3 is 6.03 Å². The highest BCUT2D eigenvalue weighted by atomic mass is 16.2. The van der Waals surface area contributed by atoms with Gasteiger partial charge in [-0.2, -0.15) is 0 Å². The minimum atomic E-state index is -0.134. The molecule has 140 valence electrons. The van der Waals surface area contributed by atoms with E-state index in [0.717, 1.165) is 35.4 Å². The SMILES string of the molecule is C/C(=C1\C(=O)Nc2ccc(NC(=O)N3CCC(N)CC3)cc21)c1ccc[nH]1. The third-order valence-electron chi connectivity index (χ3n) is 5.22. The van der Waals surface area contributed by atoms with Gasteiger partial charge in [0.15, 0.2) is 0 Å². The Hall–Kier alpha value is -3.06. The fourth-order valence-electron chi connectivity index (χ4n) is 3.62. The molecule has 3 amide bonds. The summed E-state index contributed by atoms with van der Waals surface area (Å²) in [5.74, 6) is -0.134. The summed E-state index contributed by atoms with van der Waals surface area (Å²) < 4.78 is 0. The molecule has 1 aromatic carbocycles. The average Bonchev–Trinajstić information content (AvgIpc) is 3.29. The van der Waals surface area contributed by atoms with E-state index in [1.807, 2.05) is 37.4 Å². The summed E-state index contributed by atoms with van der Waals surface area (Å²) in [6.07, 6.45) is 3.46. The first-order chi connectivity index (χ1) is 13.0. The fourth-order valence-corrected chi connectivity index (χ4v) is 3.62. The molecular formula is C20H23N5O2. The van der Waals surface area contributed by atoms with Crippen LogP contribution in [0.3, 0.4) is 0 Å². The molecule has 1 fully saturated rings. The van der Waals surface area contributed by atoms with Crippen LogP contribution in [0.15, 0.2) is 36.5 Å². The minimum Gasteiger partial charge on any atom is -0.361 e. The maximum atomic E-state index is 12.5. The van der Waals surface area contributed by atoms with Gasteiger partial charge in [-0.3, -0.25) is 4.79 Å². The summed E-state index contributed by atoms with van der Waals surface area (Å²) in [7, 11) is 0. The highest BCUT2D eigenvalue weighted by molar-refractivity contribution is 6.36. The van der Waals surface area contributed by atoms with E-state index in [-0.39, 0.29) is 18.0 Å². The van der Waals surface area contributed by atoms with Crippen molar-refractivity contribution in [2.24, 2.45) is 5.73 Å². The van der Waals surface area contributed by atoms with E-state index < -0.39 is 0 Å². The number of allylic oxidation sites excluding steroid dienone is 1. The van der Waals surface area contributed by atoms with Crippen molar-refractivity contribution in [1.29, 1.82) is 0 Å². The number of benzene rings is 1. The number of likely N-dealkylation sites (tertiary alicyclic amines) is 1. The molecule has 0 unspecified atom stereocenters. The molecular weight excluding hydrogens is 342 g/mol. The van der Waals surface area contributed by atoms with Gasteiger partial charge < -0.3 is 26.3 Å². The summed E-state index contributed by atoms with van der Waals surface area (Å²) in [6.45, 7) is 3.24. The Labute approximate surface area is 157 Å². The molecule has 7 heteroatoms. The molecule has 2 aliphatic heterocycles. The summed E-state index contributed by atoms with van der Waals surface area (Å²) in [6, 6.07) is 9.35. The predicted molar refractivity (Wildman–Crippen MR) is 106 cm³/mol. The number of hydrogen-bond donors (Lipinski definition) is 4. The normalized spacial score (nSPS) is 18.9. The fraction of sp³-hybridized carbons (Fsp3) is 0.300. The lowest BCUT2D eigenvalue weighted by Crippen LogP contribution is -2.44. The molecule has 3 heterocycles. The molecule has 7 nitrogen and oxygen atoms in total. The Morgan fingerprint density at radius 2 is 2.04 bits per heavy atom. The number of carbonyl (C=O) groups is 2. The minimum absolute atomic E-state index is 0.134. The van der Waals surface area contributed by atoms with Crippen LogP contribution in [-0.2, 0) is 4.79 Å². The van der Waals surface area contributed by atoms with Gasteiger partial charge in [0.2, 0.25) is 0 Å². The quantitative estimate of drug-likeness (QED) is 0.615. The van der Waals surface area contributed by atoms with Crippen molar-refractivity contribution in [2.45, 2.75) is 25.8 Å². The zero-order valence-electron chi connectivity index (χ0n) is 15.2. The number of carbonyl (C=O) groups excluding carboxylic acids is 2. The second-order valence-electron chi connectivity index (χ2n) is 7.05. The number of aromatic nitrogens is 1. The van der Waals surface area contributed by atoms with Crippen LogP contribution in [0.4, 0.5) is 16.2 Å². The molecule has 27 heavy (non-hydrogen) atoms. The first-order valence-corrected chi connectivity index (χ1v) is 9.15. The van der Waals surface area contributed by atoms with E-state index in [0.29, 0.717) is 24.4 Å². The van der Waals surface area contributed by atoms with Crippen LogP contribution < -0.4 is 16.4 Å². The zero-order valence-corrected chi connectivity index (χ0v) is 15.2. The number of piperidine rings is 1. The average molecular weight is 365 g/mol. The first-order valence-electron chi connectivity index (χ1n) is 9.15. The van der Waals surface area contributed by atoms with Crippen LogP contribution in [0.25, 0.3) is 11.1 Å². The van der Waals surface area contributed by atoms with Gasteiger partial charge in [0.05, 0.1) is 5.57 Å². The van der Waals surface area contributed by atoms with Crippen molar-refractivity contribution >= 4 is 34.5 Å². The number of H-pyrrole nitrogens is 1. The van der Waals surface area contributed by atoms with Crippen molar-refractivity contribution in [3.63, 3.8) is 0 Å². The van der Waals surface area contributed by atoms with Crippen LogP contribution in [0.5, 0.6) is 0 Å². The third-order valence-corrected chi connectivity index (χ3v) is 5.22. The van der Waals surface area contributed by atoms with Crippen molar-refractivity contribution < 1.29 is 9.59 Å². The standard InChI is InChI=1S/C20H23N5O2/c1-12(16-3-2-8-22-16)18-15-11-14(4-5-17(15)24-19(18)26)23-20(27)25-9-6-13(21)7-10-25/h2-5,8,11,13,22H,6-7,9-10,21H2,1H3,(H,23,27)(H,24,26)/b18-12+. The van der Waals surface area contributed by atoms with Crippen molar-refractivity contribution in [2.75, 3.05) is 23.7 Å². The van der Waals surface area contributed by atoms with Crippen LogP contribution in [0, 0.1) is 0 Å². The molecule has 0 spiro atoms. The molecule has 2 aromatic rings. The number of nitrogens with zero attached hydrogens (tertiary/aromatic N) is 1. The largest absolute Gasteiger partial charge is 0.361 e. The Morgan fingerprint density at radius 1 is 1.26 bits per heavy atom. The third kappa shape index (κ3) is 3.33. The Morgan fingerprint density at radius 3 is 2.74 bits per heavy atom. The predicted octanol–water partition coefficient (Wildman–Crippen LogP) is 2.85. The number of nitrogens with two attached hydrogens (primary N) is 1. The number of urea groups is 1. The van der Waals surface area contributed by atoms with Crippen molar-refractivity contribution in [1.82, 2.24) is 9.88 Å². The number of amides is 3. The molecule has 2 aliphatic rings. The first kappa shape index (κ1) is 17.4. The van der Waals surface area contributed by atoms with E-state index in [2.05, 4.69) is 15.6 Å². The van der Waals surface area contributed by atoms with Gasteiger partial charge in [-0.1, -0.05) is 0 Å². The summed E-state index contributed by atoms with van der Waals surface area (Å²) >= 11 is 0. The van der Waals surface area contributed by atoms with Gasteiger partial charge in [0.1, 0.15) is 0 Å². The van der Waals surface area contributed by atoms with E-state index >= 15 is 0 Å². The highest BCUT2D eigenvalue weighted by Crippen LogP contribution is 2.38. The van der Waals surface area contributed by atoms with E-state index in [9.17, 15) is 9.59 Å². The summed E-state index contributed by atoms with van der Waals surface area (Å²) in [5, 5.41) is 5.83. The summed E-state index contributed by atoms with van der Waals surface area (Å²) in [5.41, 5.74) is 10.5. The van der Waals surface area contributed by atoms with Gasteiger partial charge in [-0.15, -0.1) is 0 Å². The maximum Gasteiger partial charge on any atom is 0.321 e. The smallest absolute Gasteiger partial charge is 0.321 e. The van der Waals surface area contributed by atoms with Crippen molar-refractivity contribution in [3.8, 4) is 0 Å².